The van der Waals surface area contributed by atoms with Gasteiger partial charge in [-0.1, -0.05) is 22.0 Å². The molecule has 0 spiro atoms. The van der Waals surface area contributed by atoms with E-state index in [1.54, 1.807) is 0 Å². The van der Waals surface area contributed by atoms with Gasteiger partial charge in [0.25, 0.3) is 0 Å². The molecule has 1 aromatic carbocycles. The average molecular weight is 307 g/mol. The molecule has 0 heterocycles. The monoisotopic (exact) mass is 305 g/mol. The minimum Gasteiger partial charge on any atom is -0.352 e. The van der Waals surface area contributed by atoms with Crippen molar-refractivity contribution in [1.29, 1.82) is 0 Å². The van der Waals surface area contributed by atoms with E-state index in [2.05, 4.69) is 21.2 Å². The Kier molecular flexibility index (Phi) is 3.50. The number of carbonyl (C=O) groups is 1. The lowest BCUT2D eigenvalue weighted by molar-refractivity contribution is -0.121. The number of hydrogen-bond donors (Lipinski definition) is 1. The Labute approximate surface area is 106 Å². The van der Waals surface area contributed by atoms with Crippen LogP contribution in [0.1, 0.15) is 23.8 Å². The lowest BCUT2D eigenvalue weighted by Gasteiger charge is -2.11. The summed E-state index contributed by atoms with van der Waals surface area (Å²) in [5.74, 6) is -0.585. The summed E-state index contributed by atoms with van der Waals surface area (Å²) in [6.07, 6.45) is 2.03. The highest BCUT2D eigenvalue weighted by Gasteiger charge is 2.28. The molecule has 1 fully saturated rings. The van der Waals surface area contributed by atoms with Gasteiger partial charge in [0, 0.05) is 10.5 Å². The van der Waals surface area contributed by atoms with Gasteiger partial charge in [0.2, 0.25) is 5.91 Å². The first kappa shape index (κ1) is 11.9. The molecule has 0 aromatic heterocycles. The van der Waals surface area contributed by atoms with Crippen molar-refractivity contribution in [2.45, 2.75) is 24.3 Å². The molecule has 1 N–H and O–H groups in total. The van der Waals surface area contributed by atoms with E-state index in [1.807, 2.05) is 0 Å². The summed E-state index contributed by atoms with van der Waals surface area (Å²) < 4.78 is 13.4. The summed E-state index contributed by atoms with van der Waals surface area (Å²) in [5.41, 5.74) is 0.584. The molecule has 1 amide bonds. The number of amides is 1. The molecule has 1 aliphatic carbocycles. The zero-order valence-corrected chi connectivity index (χ0v) is 10.7. The first-order chi connectivity index (χ1) is 7.58. The van der Waals surface area contributed by atoms with Crippen LogP contribution in [0.2, 0.25) is 0 Å². The van der Waals surface area contributed by atoms with Crippen LogP contribution in [0.3, 0.4) is 0 Å². The predicted octanol–water partition coefficient (Wildman–Crippen LogP) is 3.15. The van der Waals surface area contributed by atoms with Crippen molar-refractivity contribution < 1.29 is 9.18 Å². The minimum atomic E-state index is -0.782. The molecule has 2 nitrogen and oxygen atoms in total. The number of alkyl halides is 1. The molecule has 1 saturated carbocycles. The van der Waals surface area contributed by atoms with Gasteiger partial charge in [-0.2, -0.15) is 0 Å². The molecule has 86 valence electrons. The lowest BCUT2D eigenvalue weighted by atomic mass is 10.1. The molecular weight excluding hydrogens is 296 g/mol. The molecule has 0 radical (unpaired) electrons. The largest absolute Gasteiger partial charge is 0.352 e. The van der Waals surface area contributed by atoms with Crippen molar-refractivity contribution in [3.8, 4) is 0 Å². The Morgan fingerprint density at radius 3 is 2.81 bits per heavy atom. The maximum Gasteiger partial charge on any atom is 0.242 e. The van der Waals surface area contributed by atoms with Gasteiger partial charge in [0.05, 0.1) is 0 Å². The summed E-state index contributed by atoms with van der Waals surface area (Å²) in [6, 6.07) is 4.38. The van der Waals surface area contributed by atoms with E-state index in [1.165, 1.54) is 18.2 Å². The van der Waals surface area contributed by atoms with Gasteiger partial charge >= 0.3 is 0 Å². The smallest absolute Gasteiger partial charge is 0.242 e. The third kappa shape index (κ3) is 2.74. The first-order valence-electron chi connectivity index (χ1n) is 4.97. The van der Waals surface area contributed by atoms with Crippen molar-refractivity contribution in [3.63, 3.8) is 0 Å². The number of rotatable bonds is 3. The molecule has 0 aliphatic heterocycles. The van der Waals surface area contributed by atoms with E-state index in [-0.39, 0.29) is 17.8 Å². The Balaban J connectivity index is 2.12. The van der Waals surface area contributed by atoms with E-state index in [9.17, 15) is 9.18 Å². The van der Waals surface area contributed by atoms with Crippen LogP contribution in [0, 0.1) is 5.82 Å². The van der Waals surface area contributed by atoms with Crippen LogP contribution in [-0.2, 0) is 4.79 Å². The van der Waals surface area contributed by atoms with Crippen molar-refractivity contribution in [2.24, 2.45) is 0 Å². The maximum atomic E-state index is 12.9. The van der Waals surface area contributed by atoms with Gasteiger partial charge in [-0.05, 0) is 30.5 Å². The topological polar surface area (TPSA) is 29.1 Å². The van der Waals surface area contributed by atoms with Gasteiger partial charge in [-0.3, -0.25) is 4.79 Å². The van der Waals surface area contributed by atoms with Crippen LogP contribution in [-0.4, -0.2) is 11.9 Å². The number of benzene rings is 1. The Hall–Kier alpha value is -0.610. The minimum absolute atomic E-state index is 0.225. The van der Waals surface area contributed by atoms with E-state index in [0.717, 1.165) is 12.8 Å². The number of nitrogens with one attached hydrogen (secondary N) is 1. The van der Waals surface area contributed by atoms with Crippen molar-refractivity contribution in [2.75, 3.05) is 0 Å². The molecular formula is C11H10BrClFNO. The fourth-order valence-electron chi connectivity index (χ4n) is 1.35. The second kappa shape index (κ2) is 4.72. The van der Waals surface area contributed by atoms with Gasteiger partial charge in [-0.15, -0.1) is 11.6 Å². The molecule has 1 unspecified atom stereocenters. The van der Waals surface area contributed by atoms with Crippen LogP contribution in [0.4, 0.5) is 4.39 Å². The van der Waals surface area contributed by atoms with Crippen molar-refractivity contribution in [1.82, 2.24) is 5.32 Å². The van der Waals surface area contributed by atoms with E-state index >= 15 is 0 Å². The van der Waals surface area contributed by atoms with E-state index in [0.29, 0.717) is 10.0 Å². The molecule has 1 aliphatic rings. The van der Waals surface area contributed by atoms with Crippen LogP contribution in [0.25, 0.3) is 0 Å². The van der Waals surface area contributed by atoms with Crippen LogP contribution in [0.15, 0.2) is 22.7 Å². The third-order valence-corrected chi connectivity index (χ3v) is 3.51. The Morgan fingerprint density at radius 1 is 1.56 bits per heavy atom. The summed E-state index contributed by atoms with van der Waals surface area (Å²) in [7, 11) is 0. The van der Waals surface area contributed by atoms with E-state index < -0.39 is 5.38 Å². The van der Waals surface area contributed by atoms with Crippen LogP contribution in [0.5, 0.6) is 0 Å². The van der Waals surface area contributed by atoms with E-state index in [4.69, 9.17) is 11.6 Å². The van der Waals surface area contributed by atoms with Crippen molar-refractivity contribution in [3.05, 3.63) is 34.1 Å². The highest BCUT2D eigenvalue weighted by atomic mass is 79.9. The number of carbonyl (C=O) groups excluding carboxylic acids is 1. The molecule has 0 bridgehead atoms. The van der Waals surface area contributed by atoms with Gasteiger partial charge in [0.1, 0.15) is 11.2 Å². The van der Waals surface area contributed by atoms with Crippen LogP contribution < -0.4 is 5.32 Å². The lowest BCUT2D eigenvalue weighted by Crippen LogP contribution is -2.28. The highest BCUT2D eigenvalue weighted by Crippen LogP contribution is 2.30. The number of halogens is 3. The first-order valence-corrected chi connectivity index (χ1v) is 6.20. The predicted molar refractivity (Wildman–Crippen MR) is 63.9 cm³/mol. The summed E-state index contributed by atoms with van der Waals surface area (Å²) in [6.45, 7) is 0. The summed E-state index contributed by atoms with van der Waals surface area (Å²) in [5, 5.41) is 2.03. The second-order valence-electron chi connectivity index (χ2n) is 3.81. The molecule has 16 heavy (non-hydrogen) atoms. The third-order valence-electron chi connectivity index (χ3n) is 2.39. The molecule has 1 aromatic rings. The zero-order valence-electron chi connectivity index (χ0n) is 8.34. The fourth-order valence-corrected chi connectivity index (χ4v) is 2.32. The highest BCUT2D eigenvalue weighted by molar-refractivity contribution is 9.10. The fraction of sp³-hybridized carbons (Fsp3) is 0.364. The molecule has 5 heteroatoms. The average Bonchev–Trinajstić information content (AvgIpc) is 3.00. The van der Waals surface area contributed by atoms with Gasteiger partial charge in [0.15, 0.2) is 0 Å². The van der Waals surface area contributed by atoms with Gasteiger partial charge in [-0.25, -0.2) is 4.39 Å². The Morgan fingerprint density at radius 2 is 2.25 bits per heavy atom. The van der Waals surface area contributed by atoms with Crippen LogP contribution >= 0.6 is 27.5 Å². The molecule has 1 atom stereocenters. The SMILES string of the molecule is O=C(NC1CC1)C(Cl)c1ccc(F)cc1Br. The summed E-state index contributed by atoms with van der Waals surface area (Å²) >= 11 is 9.22. The maximum absolute atomic E-state index is 12.9. The van der Waals surface area contributed by atoms with Crippen molar-refractivity contribution >= 4 is 33.4 Å². The molecule has 0 saturated heterocycles. The normalized spacial score (nSPS) is 16.9. The second-order valence-corrected chi connectivity index (χ2v) is 5.10. The quantitative estimate of drug-likeness (QED) is 0.854. The Bertz CT molecular complexity index is 422. The molecule has 2 rings (SSSR count). The number of hydrogen-bond acceptors (Lipinski definition) is 1. The standard InChI is InChI=1S/C11H10BrClFNO/c12-9-5-6(14)1-4-8(9)10(13)11(16)15-7-2-3-7/h1,4-5,7,10H,2-3H2,(H,15,16). The zero-order chi connectivity index (χ0) is 11.7. The van der Waals surface area contributed by atoms with Gasteiger partial charge < -0.3 is 5.32 Å². The summed E-state index contributed by atoms with van der Waals surface area (Å²) in [4.78, 5) is 11.7.